The number of halogens is 1. The van der Waals surface area contributed by atoms with Gasteiger partial charge in [0.2, 0.25) is 5.91 Å². The fourth-order valence-electron chi connectivity index (χ4n) is 3.58. The van der Waals surface area contributed by atoms with Gasteiger partial charge in [-0.15, -0.1) is 0 Å². The molecule has 1 aliphatic rings. The zero-order valence-electron chi connectivity index (χ0n) is 18.2. The van der Waals surface area contributed by atoms with Gasteiger partial charge in [-0.25, -0.2) is 14.4 Å². The van der Waals surface area contributed by atoms with Gasteiger partial charge in [0.1, 0.15) is 17.5 Å². The molecule has 0 bridgehead atoms. The van der Waals surface area contributed by atoms with E-state index in [2.05, 4.69) is 10.6 Å². The Labute approximate surface area is 177 Å². The summed E-state index contributed by atoms with van der Waals surface area (Å²) < 4.78 is 13.7. The molecular formula is C22H31FN6O. The zero-order valence-corrected chi connectivity index (χ0v) is 18.2. The Kier molecular flexibility index (Phi) is 7.33. The first-order valence-corrected chi connectivity index (χ1v) is 10.3. The van der Waals surface area contributed by atoms with Crippen molar-refractivity contribution in [2.24, 2.45) is 0 Å². The summed E-state index contributed by atoms with van der Waals surface area (Å²) in [4.78, 5) is 25.9. The van der Waals surface area contributed by atoms with Gasteiger partial charge in [0.15, 0.2) is 0 Å². The topological polar surface area (TPSA) is 73.4 Å². The molecule has 162 valence electrons. The molecule has 2 aromatic rings. The number of carbonyl (C=O) groups excluding carboxylic acids is 1. The fraction of sp³-hybridized carbons (Fsp3) is 0.500. The molecule has 1 fully saturated rings. The van der Waals surface area contributed by atoms with Gasteiger partial charge in [-0.3, -0.25) is 9.69 Å². The first-order chi connectivity index (χ1) is 14.3. The number of benzene rings is 1. The maximum atomic E-state index is 13.7. The van der Waals surface area contributed by atoms with E-state index >= 15 is 0 Å². The van der Waals surface area contributed by atoms with E-state index in [1.165, 1.54) is 6.07 Å². The summed E-state index contributed by atoms with van der Waals surface area (Å²) in [5.41, 5.74) is 1.81. The molecular weight excluding hydrogens is 383 g/mol. The van der Waals surface area contributed by atoms with Crippen molar-refractivity contribution < 1.29 is 9.18 Å². The van der Waals surface area contributed by atoms with E-state index in [0.717, 1.165) is 43.3 Å². The molecule has 0 radical (unpaired) electrons. The number of likely N-dealkylation sites (N-methyl/N-ethyl adjacent to an activating group) is 1. The molecule has 2 heterocycles. The Morgan fingerprint density at radius 2 is 2.10 bits per heavy atom. The number of nitrogens with one attached hydrogen (secondary N) is 2. The molecule has 0 unspecified atom stereocenters. The van der Waals surface area contributed by atoms with Gasteiger partial charge in [0.05, 0.1) is 12.2 Å². The highest BCUT2D eigenvalue weighted by atomic mass is 19.1. The Balaban J connectivity index is 1.67. The lowest BCUT2D eigenvalue weighted by molar-refractivity contribution is -0.117. The fourth-order valence-corrected chi connectivity index (χ4v) is 3.58. The van der Waals surface area contributed by atoms with Crippen LogP contribution in [0, 0.1) is 12.7 Å². The second-order valence-electron chi connectivity index (χ2n) is 8.15. The predicted octanol–water partition coefficient (Wildman–Crippen LogP) is 2.53. The number of piperidine rings is 1. The molecule has 8 heteroatoms. The summed E-state index contributed by atoms with van der Waals surface area (Å²) in [6.45, 7) is 4.28. The first-order valence-electron chi connectivity index (χ1n) is 10.3. The second-order valence-corrected chi connectivity index (χ2v) is 8.15. The number of anilines is 2. The van der Waals surface area contributed by atoms with Crippen LogP contribution < -0.4 is 15.5 Å². The van der Waals surface area contributed by atoms with Crippen LogP contribution >= 0.6 is 0 Å². The van der Waals surface area contributed by atoms with Crippen molar-refractivity contribution in [3.63, 3.8) is 0 Å². The van der Waals surface area contributed by atoms with Crippen molar-refractivity contribution in [2.45, 2.75) is 32.2 Å². The lowest BCUT2D eigenvalue weighted by Crippen LogP contribution is -2.32. The Hall–Kier alpha value is -2.58. The molecule has 3 rings (SSSR count). The van der Waals surface area contributed by atoms with E-state index in [4.69, 9.17) is 9.97 Å². The number of hydrogen-bond donors (Lipinski definition) is 2. The SMILES string of the molecule is Cc1c(F)cccc1NC(=O)CN(C)Cc1cc(N(C)C)nc([C@H]2CCCNC2)n1. The molecule has 0 saturated carbocycles. The molecule has 1 amide bonds. The Bertz CT molecular complexity index is 882. The second kappa shape index (κ2) is 9.95. The Morgan fingerprint density at radius 1 is 1.30 bits per heavy atom. The summed E-state index contributed by atoms with van der Waals surface area (Å²) in [7, 11) is 5.80. The lowest BCUT2D eigenvalue weighted by Gasteiger charge is -2.24. The number of carbonyl (C=O) groups is 1. The van der Waals surface area contributed by atoms with Crippen LogP contribution in [0.3, 0.4) is 0 Å². The molecule has 30 heavy (non-hydrogen) atoms. The largest absolute Gasteiger partial charge is 0.363 e. The molecule has 1 saturated heterocycles. The highest BCUT2D eigenvalue weighted by Gasteiger charge is 2.20. The van der Waals surface area contributed by atoms with E-state index in [1.807, 2.05) is 37.0 Å². The number of amides is 1. The maximum absolute atomic E-state index is 13.7. The Morgan fingerprint density at radius 3 is 2.80 bits per heavy atom. The van der Waals surface area contributed by atoms with Gasteiger partial charge in [0, 0.05) is 50.4 Å². The summed E-state index contributed by atoms with van der Waals surface area (Å²) >= 11 is 0. The minimum absolute atomic E-state index is 0.178. The smallest absolute Gasteiger partial charge is 0.238 e. The highest BCUT2D eigenvalue weighted by Crippen LogP contribution is 2.23. The summed E-state index contributed by atoms with van der Waals surface area (Å²) in [5, 5.41) is 6.21. The lowest BCUT2D eigenvalue weighted by atomic mass is 9.99. The van der Waals surface area contributed by atoms with Gasteiger partial charge in [-0.1, -0.05) is 6.07 Å². The van der Waals surface area contributed by atoms with E-state index in [0.29, 0.717) is 23.7 Å². The van der Waals surface area contributed by atoms with Crippen LogP contribution in [-0.4, -0.2) is 61.6 Å². The molecule has 1 aromatic carbocycles. The molecule has 1 atom stereocenters. The number of rotatable bonds is 7. The molecule has 1 aromatic heterocycles. The van der Waals surface area contributed by atoms with Gasteiger partial charge in [0.25, 0.3) is 0 Å². The van der Waals surface area contributed by atoms with Crippen LogP contribution in [0.15, 0.2) is 24.3 Å². The third-order valence-corrected chi connectivity index (χ3v) is 5.29. The molecule has 0 spiro atoms. The first kappa shape index (κ1) is 22.1. The third-order valence-electron chi connectivity index (χ3n) is 5.29. The van der Waals surface area contributed by atoms with Crippen molar-refractivity contribution in [1.29, 1.82) is 0 Å². The summed E-state index contributed by atoms with van der Waals surface area (Å²) in [5.74, 6) is 1.51. The number of nitrogens with zero attached hydrogens (tertiary/aromatic N) is 4. The normalized spacial score (nSPS) is 16.5. The van der Waals surface area contributed by atoms with E-state index in [1.54, 1.807) is 19.1 Å². The van der Waals surface area contributed by atoms with Crippen molar-refractivity contribution in [1.82, 2.24) is 20.2 Å². The van der Waals surface area contributed by atoms with Gasteiger partial charge >= 0.3 is 0 Å². The van der Waals surface area contributed by atoms with E-state index < -0.39 is 0 Å². The van der Waals surface area contributed by atoms with Crippen molar-refractivity contribution in [3.05, 3.63) is 47.2 Å². The summed E-state index contributed by atoms with van der Waals surface area (Å²) in [6.07, 6.45) is 2.20. The van der Waals surface area contributed by atoms with Crippen LogP contribution in [0.2, 0.25) is 0 Å². The van der Waals surface area contributed by atoms with Crippen LogP contribution in [0.25, 0.3) is 0 Å². The average molecular weight is 415 g/mol. The zero-order chi connectivity index (χ0) is 21.7. The standard InChI is InChI=1S/C22H31FN6O/c1-15-18(23)8-5-9-19(15)26-21(30)14-29(4)13-17-11-20(28(2)3)27-22(25-17)16-7-6-10-24-12-16/h5,8-9,11,16,24H,6-7,10,12-14H2,1-4H3,(H,26,30)/t16-/m0/s1. The van der Waals surface area contributed by atoms with Gasteiger partial charge in [-0.2, -0.15) is 0 Å². The van der Waals surface area contributed by atoms with E-state index in [-0.39, 0.29) is 18.3 Å². The van der Waals surface area contributed by atoms with Gasteiger partial charge in [-0.05, 0) is 45.5 Å². The minimum Gasteiger partial charge on any atom is -0.363 e. The van der Waals surface area contributed by atoms with Crippen molar-refractivity contribution in [2.75, 3.05) is 51.0 Å². The van der Waals surface area contributed by atoms with Gasteiger partial charge < -0.3 is 15.5 Å². The van der Waals surface area contributed by atoms with E-state index in [9.17, 15) is 9.18 Å². The molecule has 2 N–H and O–H groups in total. The van der Waals surface area contributed by atoms with Crippen molar-refractivity contribution in [3.8, 4) is 0 Å². The molecule has 0 aliphatic carbocycles. The van der Waals surface area contributed by atoms with Crippen molar-refractivity contribution >= 4 is 17.4 Å². The minimum atomic E-state index is -0.330. The monoisotopic (exact) mass is 414 g/mol. The summed E-state index contributed by atoms with van der Waals surface area (Å²) in [6, 6.07) is 6.64. The molecule has 7 nitrogen and oxygen atoms in total. The third kappa shape index (κ3) is 5.73. The maximum Gasteiger partial charge on any atom is 0.238 e. The highest BCUT2D eigenvalue weighted by molar-refractivity contribution is 5.92. The van der Waals surface area contributed by atoms with Crippen LogP contribution in [0.5, 0.6) is 0 Å². The molecule has 1 aliphatic heterocycles. The quantitative estimate of drug-likeness (QED) is 0.725. The predicted molar refractivity (Wildman–Crippen MR) is 117 cm³/mol. The number of aromatic nitrogens is 2. The van der Waals surface area contributed by atoms with Crippen LogP contribution in [0.4, 0.5) is 15.9 Å². The number of hydrogen-bond acceptors (Lipinski definition) is 6. The average Bonchev–Trinajstić information content (AvgIpc) is 2.71. The van der Waals surface area contributed by atoms with Crippen LogP contribution in [-0.2, 0) is 11.3 Å². The van der Waals surface area contributed by atoms with Crippen LogP contribution in [0.1, 0.15) is 35.8 Å².